The van der Waals surface area contributed by atoms with Gasteiger partial charge in [0.1, 0.15) is 18.1 Å². The van der Waals surface area contributed by atoms with Crippen LogP contribution in [0.3, 0.4) is 0 Å². The number of alkyl carbamates (subject to hydrolysis) is 1. The van der Waals surface area contributed by atoms with E-state index in [4.69, 9.17) is 15.3 Å². The summed E-state index contributed by atoms with van der Waals surface area (Å²) in [5.74, 6) is -1.27. The zero-order chi connectivity index (χ0) is 28.7. The van der Waals surface area contributed by atoms with E-state index in [1.165, 1.54) is 35.6 Å². The van der Waals surface area contributed by atoms with Crippen LogP contribution in [-0.4, -0.2) is 67.8 Å². The summed E-state index contributed by atoms with van der Waals surface area (Å²) in [6.45, 7) is 6.14. The van der Waals surface area contributed by atoms with E-state index >= 15 is 0 Å². The number of amides is 3. The molecule has 0 fully saturated rings. The quantitative estimate of drug-likeness (QED) is 0.428. The van der Waals surface area contributed by atoms with Crippen molar-refractivity contribution >= 4 is 44.3 Å². The molecule has 3 amide bonds. The van der Waals surface area contributed by atoms with E-state index < -0.39 is 41.0 Å². The van der Waals surface area contributed by atoms with Crippen LogP contribution >= 0.6 is 11.3 Å². The van der Waals surface area contributed by atoms with Crippen LogP contribution in [-0.2, 0) is 27.7 Å². The average Bonchev–Trinajstić information content (AvgIpc) is 3.25. The Morgan fingerprint density at radius 1 is 1.13 bits per heavy atom. The largest absolute Gasteiger partial charge is 0.450 e. The lowest BCUT2D eigenvalue weighted by Gasteiger charge is -2.30. The molecule has 206 valence electrons. The average molecular weight is 573 g/mol. The van der Waals surface area contributed by atoms with Crippen LogP contribution in [0.5, 0.6) is 0 Å². The Labute approximate surface area is 230 Å². The van der Waals surface area contributed by atoms with Gasteiger partial charge < -0.3 is 10.1 Å². The predicted octanol–water partition coefficient (Wildman–Crippen LogP) is 2.69. The molecule has 1 aromatic heterocycles. The fourth-order valence-electron chi connectivity index (χ4n) is 4.00. The summed E-state index contributed by atoms with van der Waals surface area (Å²) in [6, 6.07) is 8.72. The van der Waals surface area contributed by atoms with Crippen LogP contribution in [0.4, 0.5) is 9.80 Å². The molecule has 0 unspecified atom stereocenters. The lowest BCUT2D eigenvalue weighted by Crippen LogP contribution is -2.36. The maximum absolute atomic E-state index is 13.1. The van der Waals surface area contributed by atoms with Crippen molar-refractivity contribution < 1.29 is 27.5 Å². The van der Waals surface area contributed by atoms with Gasteiger partial charge in [-0.3, -0.25) is 19.8 Å². The van der Waals surface area contributed by atoms with E-state index in [0.717, 1.165) is 14.7 Å². The smallest absolute Gasteiger partial charge is 0.414 e. The molecule has 0 saturated heterocycles. The fourth-order valence-corrected chi connectivity index (χ4v) is 6.50. The number of hydrogen-bond donors (Lipinski definition) is 2. The van der Waals surface area contributed by atoms with E-state index in [1.807, 2.05) is 0 Å². The molecular weight excluding hydrogens is 544 g/mol. The lowest BCUT2D eigenvalue weighted by molar-refractivity contribution is 0.0924. The molecule has 14 heteroatoms. The number of sulfonamides is 1. The first-order chi connectivity index (χ1) is 18.5. The number of fused-ring (bicyclic) bond motifs is 1. The Kier molecular flexibility index (Phi) is 9.77. The first-order valence-electron chi connectivity index (χ1n) is 12.1. The number of hydrogen-bond acceptors (Lipinski definition) is 10. The maximum atomic E-state index is 13.1. The third-order valence-corrected chi connectivity index (χ3v) is 8.95. The van der Waals surface area contributed by atoms with Gasteiger partial charge in [0.2, 0.25) is 10.0 Å². The molecule has 1 aromatic carbocycles. The molecule has 0 spiro atoms. The summed E-state index contributed by atoms with van der Waals surface area (Å²) >= 11 is 1.25. The Morgan fingerprint density at radius 3 is 2.33 bits per heavy atom. The molecule has 0 aliphatic carbocycles. The summed E-state index contributed by atoms with van der Waals surface area (Å²) in [4.78, 5) is 41.0. The first kappa shape index (κ1) is 29.7. The van der Waals surface area contributed by atoms with Crippen LogP contribution in [0.25, 0.3) is 0 Å². The molecule has 2 aromatic rings. The van der Waals surface area contributed by atoms with Gasteiger partial charge in [0, 0.05) is 29.6 Å². The van der Waals surface area contributed by atoms with Gasteiger partial charge >= 0.3 is 6.09 Å². The highest BCUT2D eigenvalue weighted by molar-refractivity contribution is 7.89. The van der Waals surface area contributed by atoms with Gasteiger partial charge in [-0.15, -0.1) is 11.3 Å². The fraction of sp³-hybridized carbons (Fsp3) is 0.400. The number of anilines is 1. The highest BCUT2D eigenvalue weighted by Gasteiger charge is 2.31. The van der Waals surface area contributed by atoms with Gasteiger partial charge in [0.05, 0.1) is 29.2 Å². The summed E-state index contributed by atoms with van der Waals surface area (Å²) in [7, 11) is -4.12. The molecule has 0 radical (unpaired) electrons. The highest BCUT2D eigenvalue weighted by atomic mass is 32.2. The minimum absolute atomic E-state index is 0.0876. The summed E-state index contributed by atoms with van der Waals surface area (Å²) < 4.78 is 31.1. The second-order valence-corrected chi connectivity index (χ2v) is 11.8. The zero-order valence-corrected chi connectivity index (χ0v) is 23.3. The molecule has 1 aliphatic rings. The number of thiophene rings is 1. The minimum Gasteiger partial charge on any atom is -0.450 e. The van der Waals surface area contributed by atoms with Crippen molar-refractivity contribution in [2.24, 2.45) is 0 Å². The standard InChI is InChI=1S/C25H28N6O6S2/c1-4-37-25(34)29-23(33)21-19-9-12-30(16(2)3)15-20(19)38-24(21)28-22(32)17-5-7-18(8-6-17)39(35,36)31(13-10-26)14-11-27/h5-8,16H,4,9,12-15H2,1-3H3,(H,28,32)(H,29,33,34). The Bertz CT molecular complexity index is 1420. The minimum atomic E-state index is -4.12. The van der Waals surface area contributed by atoms with Gasteiger partial charge in [-0.25, -0.2) is 13.2 Å². The number of benzene rings is 1. The SMILES string of the molecule is CCOC(=O)NC(=O)c1c(NC(=O)c2ccc(S(=O)(=O)N(CC#N)CC#N)cc2)sc2c1CCN(C(C)C)C2. The van der Waals surface area contributed by atoms with Gasteiger partial charge in [0.15, 0.2) is 0 Å². The maximum Gasteiger partial charge on any atom is 0.414 e. The van der Waals surface area contributed by atoms with E-state index in [9.17, 15) is 22.8 Å². The van der Waals surface area contributed by atoms with Crippen molar-refractivity contribution in [1.82, 2.24) is 14.5 Å². The molecule has 1 aliphatic heterocycles. The Balaban J connectivity index is 1.89. The predicted molar refractivity (Wildman–Crippen MR) is 142 cm³/mol. The van der Waals surface area contributed by atoms with Crippen molar-refractivity contribution in [3.63, 3.8) is 0 Å². The van der Waals surface area contributed by atoms with Crippen LogP contribution in [0.1, 0.15) is 51.9 Å². The molecule has 0 atom stereocenters. The first-order valence-corrected chi connectivity index (χ1v) is 14.3. The Hall–Kier alpha value is -3.82. The molecule has 2 N–H and O–H groups in total. The van der Waals surface area contributed by atoms with E-state index in [2.05, 4.69) is 29.4 Å². The monoisotopic (exact) mass is 572 g/mol. The lowest BCUT2D eigenvalue weighted by atomic mass is 10.0. The number of carbonyl (C=O) groups excluding carboxylic acids is 3. The molecule has 2 heterocycles. The van der Waals surface area contributed by atoms with Crippen molar-refractivity contribution in [2.75, 3.05) is 31.6 Å². The van der Waals surface area contributed by atoms with Gasteiger partial charge in [0.25, 0.3) is 11.8 Å². The number of rotatable bonds is 9. The number of nitrogens with one attached hydrogen (secondary N) is 2. The third kappa shape index (κ3) is 6.79. The van der Waals surface area contributed by atoms with Crippen molar-refractivity contribution in [2.45, 2.75) is 44.7 Å². The van der Waals surface area contributed by atoms with E-state index in [1.54, 1.807) is 19.1 Å². The van der Waals surface area contributed by atoms with Crippen molar-refractivity contribution in [3.05, 3.63) is 45.8 Å². The highest BCUT2D eigenvalue weighted by Crippen LogP contribution is 2.38. The van der Waals surface area contributed by atoms with Crippen LogP contribution in [0.2, 0.25) is 0 Å². The summed E-state index contributed by atoms with van der Waals surface area (Å²) in [5, 5.41) is 23.0. The van der Waals surface area contributed by atoms with Crippen LogP contribution in [0.15, 0.2) is 29.2 Å². The number of nitrogens with zero attached hydrogens (tertiary/aromatic N) is 4. The second-order valence-electron chi connectivity index (χ2n) is 8.76. The molecule has 3 rings (SSSR count). The molecule has 0 saturated carbocycles. The normalized spacial score (nSPS) is 13.3. The molecular formula is C25H28N6O6S2. The Morgan fingerprint density at radius 2 is 1.77 bits per heavy atom. The molecule has 0 bridgehead atoms. The molecule has 12 nitrogen and oxygen atoms in total. The van der Waals surface area contributed by atoms with E-state index in [-0.39, 0.29) is 33.7 Å². The van der Waals surface area contributed by atoms with Gasteiger partial charge in [-0.05, 0) is 57.0 Å². The summed E-state index contributed by atoms with van der Waals surface area (Å²) in [5.41, 5.74) is 1.07. The van der Waals surface area contributed by atoms with Gasteiger partial charge in [-0.2, -0.15) is 14.8 Å². The molecule has 39 heavy (non-hydrogen) atoms. The number of nitriles is 2. The van der Waals surface area contributed by atoms with Crippen molar-refractivity contribution in [3.8, 4) is 12.1 Å². The van der Waals surface area contributed by atoms with Gasteiger partial charge in [-0.1, -0.05) is 0 Å². The second kappa shape index (κ2) is 12.8. The topological polar surface area (TPSA) is 173 Å². The summed E-state index contributed by atoms with van der Waals surface area (Å²) in [6.07, 6.45) is -0.335. The number of carbonyl (C=O) groups is 3. The van der Waals surface area contributed by atoms with Crippen molar-refractivity contribution in [1.29, 1.82) is 10.5 Å². The zero-order valence-electron chi connectivity index (χ0n) is 21.7. The van der Waals surface area contributed by atoms with Crippen LogP contribution in [0, 0.1) is 22.7 Å². The van der Waals surface area contributed by atoms with E-state index in [0.29, 0.717) is 19.5 Å². The van der Waals surface area contributed by atoms with Crippen LogP contribution < -0.4 is 10.6 Å². The number of ether oxygens (including phenoxy) is 1. The third-order valence-electron chi connectivity index (χ3n) is 6.01. The number of imide groups is 1.